The molecule has 0 aliphatic heterocycles. The van der Waals surface area contributed by atoms with E-state index in [1.807, 2.05) is 24.3 Å². The van der Waals surface area contributed by atoms with E-state index in [2.05, 4.69) is 25.9 Å². The number of H-pyrrole nitrogens is 1. The van der Waals surface area contributed by atoms with E-state index in [9.17, 15) is 29.1 Å². The molecule has 4 unspecified atom stereocenters. The summed E-state index contributed by atoms with van der Waals surface area (Å²) in [5.41, 5.74) is 23.6. The highest BCUT2D eigenvalue weighted by Gasteiger charge is 2.31. The summed E-state index contributed by atoms with van der Waals surface area (Å²) >= 11 is 0. The molecule has 1 aromatic heterocycles. The number of carbonyl (C=O) groups excluding carboxylic acids is 3. The van der Waals surface area contributed by atoms with Crippen molar-refractivity contribution in [3.05, 3.63) is 36.0 Å². The second-order valence-electron chi connectivity index (χ2n) is 10.4. The summed E-state index contributed by atoms with van der Waals surface area (Å²) in [4.78, 5) is 69.6. The molecule has 1 aromatic carbocycles. The summed E-state index contributed by atoms with van der Waals surface area (Å²) < 4.78 is 0. The molecular formula is C28H43N9O7. The maximum Gasteiger partial charge on any atom is 0.326 e. The zero-order chi connectivity index (χ0) is 32.6. The van der Waals surface area contributed by atoms with E-state index in [0.717, 1.165) is 10.9 Å². The summed E-state index contributed by atoms with van der Waals surface area (Å²) in [5, 5.41) is 27.1. The molecule has 14 N–H and O–H groups in total. The molecule has 44 heavy (non-hydrogen) atoms. The van der Waals surface area contributed by atoms with Crippen LogP contribution in [0.4, 0.5) is 0 Å². The van der Waals surface area contributed by atoms with Crippen LogP contribution in [0.5, 0.6) is 0 Å². The minimum Gasteiger partial charge on any atom is -0.481 e. The van der Waals surface area contributed by atoms with Crippen molar-refractivity contribution in [3.8, 4) is 0 Å². The lowest BCUT2D eigenvalue weighted by atomic mass is 10.0. The number of nitrogens with zero attached hydrogens (tertiary/aromatic N) is 1. The van der Waals surface area contributed by atoms with Crippen LogP contribution in [0.15, 0.2) is 35.5 Å². The van der Waals surface area contributed by atoms with Crippen LogP contribution in [0.3, 0.4) is 0 Å². The topological polar surface area (TPSA) is 294 Å². The molecule has 0 aliphatic rings. The van der Waals surface area contributed by atoms with Crippen LogP contribution in [-0.2, 0) is 30.4 Å². The summed E-state index contributed by atoms with van der Waals surface area (Å²) in [6, 6.07) is 2.52. The van der Waals surface area contributed by atoms with E-state index >= 15 is 0 Å². The van der Waals surface area contributed by atoms with Crippen LogP contribution < -0.4 is 38.9 Å². The number of carboxylic acids is 2. The third-order valence-corrected chi connectivity index (χ3v) is 6.88. The Labute approximate surface area is 254 Å². The largest absolute Gasteiger partial charge is 0.481 e. The average Bonchev–Trinajstić information content (AvgIpc) is 3.38. The number of guanidine groups is 1. The number of aliphatic carboxylic acids is 2. The molecule has 0 saturated heterocycles. The predicted octanol–water partition coefficient (Wildman–Crippen LogP) is -1.38. The highest BCUT2D eigenvalue weighted by atomic mass is 16.4. The molecule has 16 heteroatoms. The summed E-state index contributed by atoms with van der Waals surface area (Å²) in [5.74, 6) is -4.73. The molecule has 0 saturated carbocycles. The first-order chi connectivity index (χ1) is 20.9. The minimum absolute atomic E-state index is 0.00349. The van der Waals surface area contributed by atoms with Crippen LogP contribution in [0.1, 0.15) is 50.5 Å². The molecule has 16 nitrogen and oxygen atoms in total. The van der Waals surface area contributed by atoms with Gasteiger partial charge in [-0.2, -0.15) is 0 Å². The smallest absolute Gasteiger partial charge is 0.326 e. The molecule has 1 heterocycles. The first-order valence-corrected chi connectivity index (χ1v) is 14.3. The van der Waals surface area contributed by atoms with Crippen LogP contribution in [0.25, 0.3) is 10.9 Å². The van der Waals surface area contributed by atoms with Gasteiger partial charge in [0.15, 0.2) is 5.96 Å². The van der Waals surface area contributed by atoms with Gasteiger partial charge in [-0.05, 0) is 56.7 Å². The number of nitrogens with two attached hydrogens (primary N) is 4. The Balaban J connectivity index is 2.31. The molecule has 0 bridgehead atoms. The van der Waals surface area contributed by atoms with Gasteiger partial charge in [-0.1, -0.05) is 18.2 Å². The van der Waals surface area contributed by atoms with E-state index in [4.69, 9.17) is 28.0 Å². The van der Waals surface area contributed by atoms with Gasteiger partial charge in [0.1, 0.15) is 18.1 Å². The van der Waals surface area contributed by atoms with Gasteiger partial charge in [-0.3, -0.25) is 24.2 Å². The van der Waals surface area contributed by atoms with Crippen molar-refractivity contribution in [2.45, 2.75) is 75.5 Å². The van der Waals surface area contributed by atoms with Crippen molar-refractivity contribution in [2.24, 2.45) is 27.9 Å². The molecule has 242 valence electrons. The van der Waals surface area contributed by atoms with Gasteiger partial charge in [-0.25, -0.2) is 4.79 Å². The molecule has 3 amide bonds. The molecule has 2 aromatic rings. The van der Waals surface area contributed by atoms with Gasteiger partial charge in [0, 0.05) is 36.5 Å². The number of aliphatic imine (C=N–C) groups is 1. The lowest BCUT2D eigenvalue weighted by Gasteiger charge is -2.25. The Morgan fingerprint density at radius 2 is 1.48 bits per heavy atom. The second-order valence-corrected chi connectivity index (χ2v) is 10.4. The van der Waals surface area contributed by atoms with E-state index in [-0.39, 0.29) is 51.0 Å². The molecule has 0 aliphatic carbocycles. The Hall–Kier alpha value is -4.70. The molecule has 2 rings (SSSR count). The molecule has 0 fully saturated rings. The number of hydrogen-bond donors (Lipinski definition) is 10. The molecule has 0 spiro atoms. The van der Waals surface area contributed by atoms with Crippen molar-refractivity contribution in [2.75, 3.05) is 13.1 Å². The standard InChI is InChI=1S/C28H43N9O7/c29-12-4-3-8-21(27(43)44)36-26(42)22(14-16-15-34-19-7-2-1-6-17(16)19)37-25(41)20(9-5-13-33-28(31)32)35-24(40)18(30)10-11-23(38)39/h1-2,6-7,15,18,20-22,34H,3-5,8-14,29-30H2,(H,35,40)(H,36,42)(H,37,41)(H,38,39)(H,43,44)(H4,31,32,33). The quantitative estimate of drug-likeness (QED) is 0.0469. The monoisotopic (exact) mass is 617 g/mol. The number of carbonyl (C=O) groups is 5. The van der Waals surface area contributed by atoms with Gasteiger partial charge in [0.05, 0.1) is 6.04 Å². The number of para-hydroxylation sites is 1. The fourth-order valence-corrected chi connectivity index (χ4v) is 4.49. The van der Waals surface area contributed by atoms with Gasteiger partial charge >= 0.3 is 11.9 Å². The fraction of sp³-hybridized carbons (Fsp3) is 0.500. The molecule has 4 atom stereocenters. The number of nitrogens with one attached hydrogen (secondary N) is 4. The third-order valence-electron chi connectivity index (χ3n) is 6.88. The second kappa shape index (κ2) is 18.1. The van der Waals surface area contributed by atoms with E-state index in [0.29, 0.717) is 24.9 Å². The minimum atomic E-state index is -1.23. The van der Waals surface area contributed by atoms with Crippen LogP contribution in [0.2, 0.25) is 0 Å². The maximum absolute atomic E-state index is 13.6. The van der Waals surface area contributed by atoms with Crippen LogP contribution >= 0.6 is 0 Å². The van der Waals surface area contributed by atoms with Gasteiger partial charge in [0.2, 0.25) is 17.7 Å². The van der Waals surface area contributed by atoms with Crippen LogP contribution in [-0.4, -0.2) is 88.1 Å². The summed E-state index contributed by atoms with van der Waals surface area (Å²) in [6.45, 7) is 0.519. The van der Waals surface area contributed by atoms with Gasteiger partial charge < -0.3 is 54.1 Å². The fourth-order valence-electron chi connectivity index (χ4n) is 4.49. The summed E-state index contributed by atoms with van der Waals surface area (Å²) in [6.07, 6.45) is 2.70. The number of aromatic amines is 1. The van der Waals surface area contributed by atoms with Gasteiger partial charge in [0.25, 0.3) is 0 Å². The van der Waals surface area contributed by atoms with Gasteiger partial charge in [-0.15, -0.1) is 0 Å². The number of unbranched alkanes of at least 4 members (excludes halogenated alkanes) is 1. The van der Waals surface area contributed by atoms with E-state index in [1.165, 1.54) is 0 Å². The number of carboxylic acid groups (broad SMARTS) is 2. The first-order valence-electron chi connectivity index (χ1n) is 14.3. The zero-order valence-corrected chi connectivity index (χ0v) is 24.5. The SMILES string of the molecule is NCCCCC(NC(=O)C(Cc1c[nH]c2ccccc12)NC(=O)C(CCCN=C(N)N)NC(=O)C(N)CCC(=O)O)C(=O)O. The highest BCUT2D eigenvalue weighted by Crippen LogP contribution is 2.19. The Bertz CT molecular complexity index is 1310. The number of amides is 3. The number of hydrogen-bond acceptors (Lipinski definition) is 8. The van der Waals surface area contributed by atoms with Crippen molar-refractivity contribution < 1.29 is 34.2 Å². The Morgan fingerprint density at radius 3 is 2.14 bits per heavy atom. The predicted molar refractivity (Wildman–Crippen MR) is 163 cm³/mol. The Morgan fingerprint density at radius 1 is 0.841 bits per heavy atom. The number of benzene rings is 1. The van der Waals surface area contributed by atoms with E-state index in [1.54, 1.807) is 6.20 Å². The van der Waals surface area contributed by atoms with Crippen molar-refractivity contribution >= 4 is 46.5 Å². The lowest BCUT2D eigenvalue weighted by molar-refractivity contribution is -0.142. The molecular weight excluding hydrogens is 574 g/mol. The molecule has 0 radical (unpaired) electrons. The maximum atomic E-state index is 13.6. The summed E-state index contributed by atoms with van der Waals surface area (Å²) in [7, 11) is 0. The first kappa shape index (κ1) is 35.5. The average molecular weight is 618 g/mol. The Kier molecular flexibility index (Phi) is 14.6. The van der Waals surface area contributed by atoms with Crippen molar-refractivity contribution in [1.82, 2.24) is 20.9 Å². The van der Waals surface area contributed by atoms with E-state index < -0.39 is 53.8 Å². The van der Waals surface area contributed by atoms with Crippen molar-refractivity contribution in [3.63, 3.8) is 0 Å². The number of rotatable bonds is 20. The number of fused-ring (bicyclic) bond motifs is 1. The lowest BCUT2D eigenvalue weighted by Crippen LogP contribution is -2.57. The number of aromatic nitrogens is 1. The third kappa shape index (κ3) is 11.9. The van der Waals surface area contributed by atoms with Crippen LogP contribution in [0, 0.1) is 0 Å². The zero-order valence-electron chi connectivity index (χ0n) is 24.5. The normalized spacial score (nSPS) is 13.7. The highest BCUT2D eigenvalue weighted by molar-refractivity contribution is 5.95. The van der Waals surface area contributed by atoms with Crippen molar-refractivity contribution in [1.29, 1.82) is 0 Å².